The van der Waals surface area contributed by atoms with E-state index in [1.165, 1.54) is 0 Å². The largest absolute Gasteiger partial charge is 0.527 e. The lowest BCUT2D eigenvalue weighted by Gasteiger charge is -2.11. The molecule has 0 fully saturated rings. The minimum Gasteiger partial charge on any atom is -0.379 e. The molecule has 0 spiro atoms. The van der Waals surface area contributed by atoms with Crippen molar-refractivity contribution in [2.75, 3.05) is 6.61 Å². The molecule has 5 N–H and O–H groups in total. The zero-order valence-electron chi connectivity index (χ0n) is 6.96. The third-order valence-electron chi connectivity index (χ3n) is 0.882. The zero-order valence-corrected chi connectivity index (χ0v) is 8.75. The fourth-order valence-electron chi connectivity index (χ4n) is 0.414. The Morgan fingerprint density at radius 2 is 1.60 bits per heavy atom. The van der Waals surface area contributed by atoms with Crippen molar-refractivity contribution in [2.45, 2.75) is 6.10 Å². The van der Waals surface area contributed by atoms with E-state index >= 15 is 0 Å². The first kappa shape index (κ1) is 14.7. The lowest BCUT2D eigenvalue weighted by atomic mass is 10.4. The second kappa shape index (κ2) is 5.15. The highest BCUT2D eigenvalue weighted by Crippen LogP contribution is 2.38. The monoisotopic (exact) mass is 266 g/mol. The minimum atomic E-state index is -5.10. The van der Waals surface area contributed by atoms with Gasteiger partial charge in [0.25, 0.3) is 0 Å². The predicted octanol–water partition coefficient (Wildman–Crippen LogP) is -1.91. The second-order valence-electron chi connectivity index (χ2n) is 2.20. The van der Waals surface area contributed by atoms with Crippen LogP contribution in [0.15, 0.2) is 0 Å². The Hall–Kier alpha value is -0.310. The van der Waals surface area contributed by atoms with Crippen molar-refractivity contribution in [3.63, 3.8) is 0 Å². The van der Waals surface area contributed by atoms with Crippen molar-refractivity contribution in [3.05, 3.63) is 0 Å². The van der Waals surface area contributed by atoms with Crippen molar-refractivity contribution >= 4 is 21.6 Å². The van der Waals surface area contributed by atoms with E-state index in [1.54, 1.807) is 0 Å². The van der Waals surface area contributed by atoms with Gasteiger partial charge in [-0.25, -0.2) is 13.9 Å². The van der Waals surface area contributed by atoms with Crippen LogP contribution < -0.4 is 0 Å². The van der Waals surface area contributed by atoms with Crippen LogP contribution in [0, 0.1) is 0 Å². The first-order chi connectivity index (χ1) is 6.51. The van der Waals surface area contributed by atoms with Gasteiger partial charge in [-0.05, 0) is 0 Å². The average Bonchev–Trinajstić information content (AvgIpc) is 1.95. The van der Waals surface area contributed by atoms with E-state index in [4.69, 9.17) is 24.7 Å². The third kappa shape index (κ3) is 8.67. The summed E-state index contributed by atoms with van der Waals surface area (Å²) in [6.45, 7) is -1.15. The van der Waals surface area contributed by atoms with Gasteiger partial charge in [0, 0.05) is 0 Å². The van der Waals surface area contributed by atoms with Gasteiger partial charge in [-0.15, -0.1) is 0 Å². The van der Waals surface area contributed by atoms with Crippen LogP contribution in [0.2, 0.25) is 0 Å². The summed E-state index contributed by atoms with van der Waals surface area (Å²) in [7, 11) is -9.97. The Kier molecular flexibility index (Phi) is 5.04. The SMILES string of the molecule is O=C(OP(=O)(O)O)[C@H](O)COP(=O)(O)O. The smallest absolute Gasteiger partial charge is 0.379 e. The number of aliphatic hydroxyl groups excluding tert-OH is 1. The highest BCUT2D eigenvalue weighted by atomic mass is 31.2. The molecule has 12 heteroatoms. The topological polar surface area (TPSA) is 171 Å². The normalized spacial score (nSPS) is 14.7. The van der Waals surface area contributed by atoms with E-state index in [1.807, 2.05) is 0 Å². The number of carbonyl (C=O) groups is 1. The lowest BCUT2D eigenvalue weighted by molar-refractivity contribution is -0.146. The first-order valence-corrected chi connectivity index (χ1v) is 6.24. The molecule has 90 valence electrons. The van der Waals surface area contributed by atoms with Crippen molar-refractivity contribution in [2.24, 2.45) is 0 Å². The molecule has 0 heterocycles. The third-order valence-corrected chi connectivity index (χ3v) is 1.78. The van der Waals surface area contributed by atoms with Gasteiger partial charge < -0.3 is 19.4 Å². The fourth-order valence-corrected chi connectivity index (χ4v) is 1.11. The van der Waals surface area contributed by atoms with Crippen LogP contribution >= 0.6 is 15.6 Å². The minimum absolute atomic E-state index is 1.15. The Morgan fingerprint density at radius 3 is 1.93 bits per heavy atom. The molecule has 10 nitrogen and oxygen atoms in total. The van der Waals surface area contributed by atoms with Gasteiger partial charge in [-0.2, -0.15) is 0 Å². The summed E-state index contributed by atoms with van der Waals surface area (Å²) in [6, 6.07) is 0. The van der Waals surface area contributed by atoms with Gasteiger partial charge in [0.1, 0.15) is 0 Å². The summed E-state index contributed by atoms with van der Waals surface area (Å²) < 4.78 is 27.3. The molecule has 1 atom stereocenters. The van der Waals surface area contributed by atoms with Gasteiger partial charge in [0.15, 0.2) is 6.10 Å². The molecule has 0 saturated carbocycles. The Bertz CT molecular complexity index is 311. The molecular formula is C3H8O10P2. The number of hydrogen-bond acceptors (Lipinski definition) is 6. The van der Waals surface area contributed by atoms with Crippen LogP contribution in [0.1, 0.15) is 0 Å². The van der Waals surface area contributed by atoms with Crippen LogP contribution in [0.4, 0.5) is 0 Å². The molecule has 0 unspecified atom stereocenters. The molecule has 0 rings (SSSR count). The summed E-state index contributed by atoms with van der Waals surface area (Å²) in [4.78, 5) is 43.1. The number of hydrogen-bond donors (Lipinski definition) is 5. The van der Waals surface area contributed by atoms with Crippen LogP contribution in [0.3, 0.4) is 0 Å². The molecule has 0 radical (unpaired) electrons. The molecule has 0 amide bonds. The van der Waals surface area contributed by atoms with Crippen LogP contribution in [-0.2, 0) is 23.0 Å². The number of aliphatic hydroxyl groups is 1. The maximum absolute atomic E-state index is 10.6. The number of phosphoric acid groups is 2. The maximum atomic E-state index is 10.6. The Labute approximate surface area is 82.9 Å². The van der Waals surface area contributed by atoms with Crippen LogP contribution in [0.25, 0.3) is 0 Å². The highest BCUT2D eigenvalue weighted by molar-refractivity contribution is 7.47. The van der Waals surface area contributed by atoms with E-state index in [9.17, 15) is 13.9 Å². The molecule has 0 aromatic rings. The molecule has 0 aromatic carbocycles. The zero-order chi connectivity index (χ0) is 12.3. The molecule has 0 aliphatic heterocycles. The Morgan fingerprint density at radius 1 is 1.13 bits per heavy atom. The van der Waals surface area contributed by atoms with E-state index in [-0.39, 0.29) is 0 Å². The van der Waals surface area contributed by atoms with Crippen molar-refractivity contribution in [1.82, 2.24) is 0 Å². The molecule has 0 saturated heterocycles. The summed E-state index contributed by atoms with van der Waals surface area (Å²) in [5, 5.41) is 8.76. The number of carbonyl (C=O) groups excluding carboxylic acids is 1. The van der Waals surface area contributed by atoms with Crippen molar-refractivity contribution < 1.29 is 47.7 Å². The van der Waals surface area contributed by atoms with Crippen LogP contribution in [0.5, 0.6) is 0 Å². The van der Waals surface area contributed by atoms with Crippen molar-refractivity contribution in [3.8, 4) is 0 Å². The first-order valence-electron chi connectivity index (χ1n) is 3.18. The van der Waals surface area contributed by atoms with E-state index in [0.717, 1.165) is 0 Å². The summed E-state index contributed by atoms with van der Waals surface area (Å²) in [6.07, 6.45) is -2.20. The van der Waals surface area contributed by atoms with Gasteiger partial charge in [-0.1, -0.05) is 0 Å². The van der Waals surface area contributed by atoms with Gasteiger partial charge >= 0.3 is 21.6 Å². The summed E-state index contributed by atoms with van der Waals surface area (Å²) in [5.74, 6) is -1.75. The summed E-state index contributed by atoms with van der Waals surface area (Å²) >= 11 is 0. The molecular weight excluding hydrogens is 258 g/mol. The number of phosphoric ester groups is 2. The van der Waals surface area contributed by atoms with Gasteiger partial charge in [0.2, 0.25) is 0 Å². The van der Waals surface area contributed by atoms with E-state index in [0.29, 0.717) is 0 Å². The van der Waals surface area contributed by atoms with E-state index < -0.39 is 34.3 Å². The molecule has 0 aromatic heterocycles. The van der Waals surface area contributed by atoms with Crippen LogP contribution in [-0.4, -0.2) is 43.4 Å². The van der Waals surface area contributed by atoms with Gasteiger partial charge in [0.05, 0.1) is 6.61 Å². The average molecular weight is 266 g/mol. The van der Waals surface area contributed by atoms with Gasteiger partial charge in [-0.3, -0.25) is 14.3 Å². The maximum Gasteiger partial charge on any atom is 0.527 e. The van der Waals surface area contributed by atoms with Crippen molar-refractivity contribution in [1.29, 1.82) is 0 Å². The fraction of sp³-hybridized carbons (Fsp3) is 0.667. The Balaban J connectivity index is 4.12. The number of rotatable bonds is 5. The quantitative estimate of drug-likeness (QED) is 0.353. The predicted molar refractivity (Wildman–Crippen MR) is 42.1 cm³/mol. The molecule has 0 aliphatic rings. The second-order valence-corrected chi connectivity index (χ2v) is 4.61. The molecule has 0 aliphatic carbocycles. The standard InChI is InChI=1S/C3H8O10P2/c4-2(1-12-14(6,7)8)3(5)13-15(9,10)11/h2,4H,1H2,(H2,6,7,8)(H2,9,10,11)/t2-/m1/s1. The summed E-state index contributed by atoms with van der Waals surface area (Å²) in [5.41, 5.74) is 0. The molecule has 15 heavy (non-hydrogen) atoms. The molecule has 0 bridgehead atoms. The lowest BCUT2D eigenvalue weighted by Crippen LogP contribution is -2.26. The van der Waals surface area contributed by atoms with E-state index in [2.05, 4.69) is 9.05 Å². The highest BCUT2D eigenvalue weighted by Gasteiger charge is 2.28.